The minimum atomic E-state index is -0.844. The Bertz CT molecular complexity index is 690. The van der Waals surface area contributed by atoms with E-state index in [0.29, 0.717) is 0 Å². The topological polar surface area (TPSA) is 131 Å². The van der Waals surface area contributed by atoms with Crippen LogP contribution in [0.5, 0.6) is 0 Å². The van der Waals surface area contributed by atoms with Crippen LogP contribution in [-0.2, 0) is 0 Å². The predicted octanol–water partition coefficient (Wildman–Crippen LogP) is 1.23. The number of nitro groups is 1. The molecule has 1 aromatic heterocycles. The van der Waals surface area contributed by atoms with E-state index in [1.165, 1.54) is 0 Å². The summed E-state index contributed by atoms with van der Waals surface area (Å²) in [5, 5.41) is 23.1. The Morgan fingerprint density at radius 3 is 2.64 bits per heavy atom. The second-order valence-corrected chi connectivity index (χ2v) is 4.50. The first-order valence-corrected chi connectivity index (χ1v) is 6.39. The maximum atomic E-state index is 11.5. The van der Waals surface area contributed by atoms with Crippen LogP contribution in [0.15, 0.2) is 42.6 Å². The first kappa shape index (κ1) is 15.4. The van der Waals surface area contributed by atoms with Crippen molar-refractivity contribution in [3.05, 3.63) is 63.8 Å². The average molecular weight is 302 g/mol. The molecule has 0 unspecified atom stereocenters. The molecule has 0 fully saturated rings. The van der Waals surface area contributed by atoms with Gasteiger partial charge < -0.3 is 16.2 Å². The largest absolute Gasteiger partial charge is 0.394 e. The molecule has 8 nitrogen and oxygen atoms in total. The molecule has 0 saturated heterocycles. The van der Waals surface area contributed by atoms with Gasteiger partial charge in [-0.05, 0) is 5.56 Å². The molecule has 1 heterocycles. The number of hydrogen-bond acceptors (Lipinski definition) is 6. The summed E-state index contributed by atoms with van der Waals surface area (Å²) in [5.74, 6) is -0.760. The van der Waals surface area contributed by atoms with E-state index in [2.05, 4.69) is 10.3 Å². The number of pyridine rings is 1. The first-order valence-electron chi connectivity index (χ1n) is 6.39. The number of aliphatic hydroxyl groups excluding tert-OH is 1. The molecule has 22 heavy (non-hydrogen) atoms. The summed E-state index contributed by atoms with van der Waals surface area (Å²) in [4.78, 5) is 25.4. The number of nitrogens with one attached hydrogen (secondary N) is 1. The number of hydrogen-bond donors (Lipinski definition) is 3. The predicted molar refractivity (Wildman–Crippen MR) is 79.3 cm³/mol. The lowest BCUT2D eigenvalue weighted by Crippen LogP contribution is -2.20. The molecule has 0 aliphatic rings. The number of nitrogens with two attached hydrogens (primary N) is 1. The van der Waals surface area contributed by atoms with Crippen LogP contribution in [0.4, 0.5) is 11.5 Å². The number of nitrogens with zero attached hydrogens (tertiary/aromatic N) is 2. The maximum absolute atomic E-state index is 11.5. The minimum absolute atomic E-state index is 0.0843. The molecular weight excluding hydrogens is 288 g/mol. The molecule has 114 valence electrons. The SMILES string of the molecule is NC(=O)c1cc([N+](=O)[O-])cnc1N[C@H](CO)c1ccccc1. The molecular formula is C14H14N4O4. The van der Waals surface area contributed by atoms with Crippen molar-refractivity contribution < 1.29 is 14.8 Å². The Labute approximate surface area is 125 Å². The minimum Gasteiger partial charge on any atom is -0.394 e. The van der Waals surface area contributed by atoms with Crippen LogP contribution in [0.25, 0.3) is 0 Å². The van der Waals surface area contributed by atoms with Gasteiger partial charge in [0.25, 0.3) is 11.6 Å². The molecule has 1 atom stereocenters. The van der Waals surface area contributed by atoms with E-state index in [9.17, 15) is 20.0 Å². The number of primary amides is 1. The van der Waals surface area contributed by atoms with Gasteiger partial charge >= 0.3 is 0 Å². The van der Waals surface area contributed by atoms with E-state index in [0.717, 1.165) is 17.8 Å². The number of amides is 1. The van der Waals surface area contributed by atoms with E-state index < -0.39 is 16.9 Å². The van der Waals surface area contributed by atoms with Crippen LogP contribution in [0, 0.1) is 10.1 Å². The van der Waals surface area contributed by atoms with Crippen molar-refractivity contribution in [2.24, 2.45) is 5.73 Å². The Morgan fingerprint density at radius 1 is 1.41 bits per heavy atom. The van der Waals surface area contributed by atoms with Crippen LogP contribution >= 0.6 is 0 Å². The summed E-state index contributed by atoms with van der Waals surface area (Å²) >= 11 is 0. The van der Waals surface area contributed by atoms with Crippen LogP contribution in [0.1, 0.15) is 22.0 Å². The summed E-state index contributed by atoms with van der Waals surface area (Å²) in [6.45, 7) is -0.249. The molecule has 1 aromatic carbocycles. The average Bonchev–Trinajstić information content (AvgIpc) is 2.53. The monoisotopic (exact) mass is 302 g/mol. The molecule has 2 rings (SSSR count). The lowest BCUT2D eigenvalue weighted by Gasteiger charge is -2.18. The van der Waals surface area contributed by atoms with Gasteiger partial charge in [0.2, 0.25) is 0 Å². The second-order valence-electron chi connectivity index (χ2n) is 4.50. The van der Waals surface area contributed by atoms with Crippen molar-refractivity contribution in [2.75, 3.05) is 11.9 Å². The molecule has 2 aromatic rings. The summed E-state index contributed by atoms with van der Waals surface area (Å²) in [7, 11) is 0. The van der Waals surface area contributed by atoms with Crippen LogP contribution in [-0.4, -0.2) is 27.5 Å². The molecule has 8 heteroatoms. The number of carbonyl (C=O) groups excluding carboxylic acids is 1. The fourth-order valence-electron chi connectivity index (χ4n) is 1.94. The van der Waals surface area contributed by atoms with Crippen molar-refractivity contribution in [2.45, 2.75) is 6.04 Å². The Balaban J connectivity index is 2.35. The summed E-state index contributed by atoms with van der Waals surface area (Å²) < 4.78 is 0. The van der Waals surface area contributed by atoms with Crippen LogP contribution in [0.2, 0.25) is 0 Å². The van der Waals surface area contributed by atoms with Gasteiger partial charge in [0.1, 0.15) is 12.0 Å². The molecule has 0 aliphatic heterocycles. The molecule has 1 amide bonds. The van der Waals surface area contributed by atoms with Gasteiger partial charge in [0.05, 0.1) is 23.1 Å². The molecule has 0 bridgehead atoms. The number of rotatable bonds is 6. The smallest absolute Gasteiger partial charge is 0.288 e. The van der Waals surface area contributed by atoms with Crippen molar-refractivity contribution in [3.8, 4) is 0 Å². The van der Waals surface area contributed by atoms with E-state index in [1.54, 1.807) is 24.3 Å². The fourth-order valence-corrected chi connectivity index (χ4v) is 1.94. The first-order chi connectivity index (χ1) is 10.5. The highest BCUT2D eigenvalue weighted by Gasteiger charge is 2.19. The summed E-state index contributed by atoms with van der Waals surface area (Å²) in [6.07, 6.45) is 1.02. The zero-order valence-corrected chi connectivity index (χ0v) is 11.5. The van der Waals surface area contributed by atoms with Gasteiger partial charge in [0, 0.05) is 6.07 Å². The third-order valence-corrected chi connectivity index (χ3v) is 3.05. The molecule has 0 radical (unpaired) electrons. The number of carbonyl (C=O) groups is 1. The van der Waals surface area contributed by atoms with Gasteiger partial charge in [-0.3, -0.25) is 14.9 Å². The third-order valence-electron chi connectivity index (χ3n) is 3.05. The zero-order chi connectivity index (χ0) is 16.1. The fraction of sp³-hybridized carbons (Fsp3) is 0.143. The molecule has 0 spiro atoms. The summed E-state index contributed by atoms with van der Waals surface area (Å²) in [5.41, 5.74) is 5.57. The number of anilines is 1. The lowest BCUT2D eigenvalue weighted by molar-refractivity contribution is -0.385. The quantitative estimate of drug-likeness (QED) is 0.543. The highest BCUT2D eigenvalue weighted by atomic mass is 16.6. The van der Waals surface area contributed by atoms with Gasteiger partial charge in [-0.15, -0.1) is 0 Å². The Kier molecular flexibility index (Phi) is 4.64. The van der Waals surface area contributed by atoms with E-state index in [-0.39, 0.29) is 23.7 Å². The van der Waals surface area contributed by atoms with Gasteiger partial charge in [-0.1, -0.05) is 30.3 Å². The van der Waals surface area contributed by atoms with Gasteiger partial charge in [-0.25, -0.2) is 4.98 Å². The zero-order valence-electron chi connectivity index (χ0n) is 11.5. The Morgan fingerprint density at radius 2 is 2.09 bits per heavy atom. The highest BCUT2D eigenvalue weighted by Crippen LogP contribution is 2.23. The van der Waals surface area contributed by atoms with Gasteiger partial charge in [0.15, 0.2) is 0 Å². The van der Waals surface area contributed by atoms with E-state index in [1.807, 2.05) is 6.07 Å². The Hall–Kier alpha value is -3.00. The molecule has 0 saturated carbocycles. The lowest BCUT2D eigenvalue weighted by atomic mass is 10.1. The second kappa shape index (κ2) is 6.64. The van der Waals surface area contributed by atoms with E-state index >= 15 is 0 Å². The van der Waals surface area contributed by atoms with Crippen LogP contribution < -0.4 is 11.1 Å². The van der Waals surface area contributed by atoms with Crippen LogP contribution in [0.3, 0.4) is 0 Å². The number of aliphatic hydroxyl groups is 1. The number of benzene rings is 1. The maximum Gasteiger partial charge on any atom is 0.288 e. The van der Waals surface area contributed by atoms with E-state index in [4.69, 9.17) is 5.73 Å². The van der Waals surface area contributed by atoms with Crippen molar-refractivity contribution in [1.82, 2.24) is 4.98 Å². The van der Waals surface area contributed by atoms with Crippen molar-refractivity contribution in [3.63, 3.8) is 0 Å². The summed E-state index contributed by atoms with van der Waals surface area (Å²) in [6, 6.07) is 9.56. The van der Waals surface area contributed by atoms with Crippen molar-refractivity contribution >= 4 is 17.4 Å². The van der Waals surface area contributed by atoms with Gasteiger partial charge in [-0.2, -0.15) is 0 Å². The van der Waals surface area contributed by atoms with Crippen molar-refractivity contribution in [1.29, 1.82) is 0 Å². The normalized spacial score (nSPS) is 11.7. The molecule has 4 N–H and O–H groups in total. The third kappa shape index (κ3) is 3.36. The molecule has 0 aliphatic carbocycles. The highest BCUT2D eigenvalue weighted by molar-refractivity contribution is 5.98. The standard InChI is InChI=1S/C14H14N4O4/c15-13(20)11-6-10(18(21)22)7-16-14(11)17-12(8-19)9-4-2-1-3-5-9/h1-7,12,19H,8H2,(H2,15,20)(H,16,17)/t12-/m1/s1. The number of aromatic nitrogens is 1.